The van der Waals surface area contributed by atoms with Crippen LogP contribution in [0.1, 0.15) is 42.4 Å². The van der Waals surface area contributed by atoms with Gasteiger partial charge in [-0.15, -0.1) is 0 Å². The van der Waals surface area contributed by atoms with Crippen LogP contribution in [0, 0.1) is 0 Å². The van der Waals surface area contributed by atoms with E-state index < -0.39 is 0 Å². The normalized spacial score (nSPS) is 10.9. The molecule has 1 rings (SSSR count). The Hall–Kier alpha value is -1.40. The number of carbonyl (C=O) groups excluding carboxylic acids is 1. The van der Waals surface area contributed by atoms with Crippen molar-refractivity contribution in [2.45, 2.75) is 32.8 Å². The van der Waals surface area contributed by atoms with Gasteiger partial charge >= 0.3 is 0 Å². The van der Waals surface area contributed by atoms with Gasteiger partial charge in [0, 0.05) is 12.6 Å². The van der Waals surface area contributed by atoms with Crippen LogP contribution in [0.3, 0.4) is 0 Å². The SMILES string of the molecule is CCCCN(C)CCCNC(=O)c1cc(CO)on1. The monoisotopic (exact) mass is 269 g/mol. The lowest BCUT2D eigenvalue weighted by Gasteiger charge is -2.15. The van der Waals surface area contributed by atoms with E-state index in [9.17, 15) is 4.79 Å². The van der Waals surface area contributed by atoms with Gasteiger partial charge in [-0.05, 0) is 33.0 Å². The van der Waals surface area contributed by atoms with Gasteiger partial charge in [0.15, 0.2) is 11.5 Å². The van der Waals surface area contributed by atoms with E-state index in [0.29, 0.717) is 12.3 Å². The van der Waals surface area contributed by atoms with Gasteiger partial charge in [0.2, 0.25) is 0 Å². The van der Waals surface area contributed by atoms with Crippen LogP contribution in [0.25, 0.3) is 0 Å². The van der Waals surface area contributed by atoms with Crippen molar-refractivity contribution in [2.75, 3.05) is 26.7 Å². The number of nitrogens with one attached hydrogen (secondary N) is 1. The minimum atomic E-state index is -0.264. The molecule has 0 fully saturated rings. The van der Waals surface area contributed by atoms with Crippen molar-refractivity contribution in [2.24, 2.45) is 0 Å². The number of aromatic nitrogens is 1. The van der Waals surface area contributed by atoms with Crippen LogP contribution in [0.2, 0.25) is 0 Å². The van der Waals surface area contributed by atoms with Gasteiger partial charge in [0.25, 0.3) is 5.91 Å². The van der Waals surface area contributed by atoms with E-state index in [1.807, 2.05) is 0 Å². The molecule has 0 unspecified atom stereocenters. The summed E-state index contributed by atoms with van der Waals surface area (Å²) >= 11 is 0. The number of amides is 1. The van der Waals surface area contributed by atoms with Crippen LogP contribution in [-0.2, 0) is 6.61 Å². The van der Waals surface area contributed by atoms with Crippen LogP contribution in [0.4, 0.5) is 0 Å². The zero-order valence-electron chi connectivity index (χ0n) is 11.7. The fourth-order valence-electron chi connectivity index (χ4n) is 1.68. The van der Waals surface area contributed by atoms with E-state index in [2.05, 4.69) is 29.3 Å². The summed E-state index contributed by atoms with van der Waals surface area (Å²) in [5, 5.41) is 15.2. The summed E-state index contributed by atoms with van der Waals surface area (Å²) in [6.07, 6.45) is 3.29. The summed E-state index contributed by atoms with van der Waals surface area (Å²) in [6, 6.07) is 1.45. The van der Waals surface area contributed by atoms with Crippen LogP contribution < -0.4 is 5.32 Å². The molecule has 0 aliphatic heterocycles. The third kappa shape index (κ3) is 5.85. The van der Waals surface area contributed by atoms with Gasteiger partial charge < -0.3 is 19.8 Å². The lowest BCUT2D eigenvalue weighted by Crippen LogP contribution is -2.28. The van der Waals surface area contributed by atoms with Gasteiger partial charge in [-0.3, -0.25) is 4.79 Å². The molecule has 0 radical (unpaired) electrons. The zero-order chi connectivity index (χ0) is 14.1. The van der Waals surface area contributed by atoms with E-state index in [1.54, 1.807) is 0 Å². The molecule has 0 saturated carbocycles. The molecule has 0 atom stereocenters. The Morgan fingerprint density at radius 1 is 1.47 bits per heavy atom. The fourth-order valence-corrected chi connectivity index (χ4v) is 1.68. The van der Waals surface area contributed by atoms with Crippen LogP contribution in [0.5, 0.6) is 0 Å². The minimum absolute atomic E-state index is 0.211. The number of hydrogen-bond donors (Lipinski definition) is 2. The van der Waals surface area contributed by atoms with Gasteiger partial charge in [0.05, 0.1) is 0 Å². The minimum Gasteiger partial charge on any atom is -0.388 e. The summed E-state index contributed by atoms with van der Waals surface area (Å²) < 4.78 is 4.75. The molecule has 19 heavy (non-hydrogen) atoms. The third-order valence-electron chi connectivity index (χ3n) is 2.84. The number of hydrogen-bond acceptors (Lipinski definition) is 5. The number of aliphatic hydroxyl groups is 1. The first kappa shape index (κ1) is 15.7. The molecule has 6 nitrogen and oxygen atoms in total. The first-order chi connectivity index (χ1) is 9.17. The summed E-state index contributed by atoms with van der Waals surface area (Å²) in [5.74, 6) is 0.0316. The lowest BCUT2D eigenvalue weighted by molar-refractivity contribution is 0.0942. The Morgan fingerprint density at radius 2 is 2.21 bits per heavy atom. The summed E-state index contributed by atoms with van der Waals surface area (Å²) in [6.45, 7) is 4.58. The van der Waals surface area contributed by atoms with E-state index in [1.165, 1.54) is 18.9 Å². The van der Waals surface area contributed by atoms with Crippen molar-refractivity contribution in [3.05, 3.63) is 17.5 Å². The topological polar surface area (TPSA) is 78.6 Å². The predicted molar refractivity (Wildman–Crippen MR) is 71.8 cm³/mol. The van der Waals surface area contributed by atoms with Crippen molar-refractivity contribution in [1.29, 1.82) is 0 Å². The number of rotatable bonds is 9. The molecule has 1 heterocycles. The summed E-state index contributed by atoms with van der Waals surface area (Å²) in [7, 11) is 2.09. The molecule has 0 aliphatic carbocycles. The van der Waals surface area contributed by atoms with Crippen molar-refractivity contribution in [3.8, 4) is 0 Å². The van der Waals surface area contributed by atoms with E-state index in [0.717, 1.165) is 19.5 Å². The second kappa shape index (κ2) is 8.66. The molecule has 2 N–H and O–H groups in total. The Kier molecular flexibility index (Phi) is 7.14. The van der Waals surface area contributed by atoms with Gasteiger partial charge in [-0.2, -0.15) is 0 Å². The largest absolute Gasteiger partial charge is 0.388 e. The Morgan fingerprint density at radius 3 is 2.84 bits per heavy atom. The Balaban J connectivity index is 2.16. The lowest BCUT2D eigenvalue weighted by atomic mass is 10.3. The number of aliphatic hydroxyl groups excluding tert-OH is 1. The molecule has 1 amide bonds. The molecule has 0 spiro atoms. The van der Waals surface area contributed by atoms with Crippen molar-refractivity contribution >= 4 is 5.91 Å². The maximum atomic E-state index is 11.7. The van der Waals surface area contributed by atoms with Crippen molar-refractivity contribution in [1.82, 2.24) is 15.4 Å². The molecule has 0 bridgehead atoms. The Labute approximate surface area is 113 Å². The molecule has 1 aromatic heterocycles. The van der Waals surface area contributed by atoms with E-state index in [4.69, 9.17) is 9.63 Å². The maximum Gasteiger partial charge on any atom is 0.273 e. The van der Waals surface area contributed by atoms with Gasteiger partial charge in [-0.1, -0.05) is 18.5 Å². The fraction of sp³-hybridized carbons (Fsp3) is 0.692. The molecule has 0 saturated heterocycles. The zero-order valence-corrected chi connectivity index (χ0v) is 11.7. The highest BCUT2D eigenvalue weighted by Crippen LogP contribution is 2.02. The van der Waals surface area contributed by atoms with Gasteiger partial charge in [-0.25, -0.2) is 0 Å². The average Bonchev–Trinajstić information content (AvgIpc) is 2.90. The molecular weight excluding hydrogens is 246 g/mol. The van der Waals surface area contributed by atoms with Gasteiger partial charge in [0.1, 0.15) is 6.61 Å². The standard InChI is InChI=1S/C13H23N3O3/c1-3-4-7-16(2)8-5-6-14-13(18)12-9-11(10-17)19-15-12/h9,17H,3-8,10H2,1-2H3,(H,14,18). The van der Waals surface area contributed by atoms with Crippen molar-refractivity contribution < 1.29 is 14.4 Å². The third-order valence-corrected chi connectivity index (χ3v) is 2.84. The maximum absolute atomic E-state index is 11.7. The summed E-state index contributed by atoms with van der Waals surface area (Å²) in [5.41, 5.74) is 0.211. The smallest absolute Gasteiger partial charge is 0.273 e. The van der Waals surface area contributed by atoms with E-state index >= 15 is 0 Å². The Bertz CT molecular complexity index is 379. The molecule has 0 aliphatic rings. The molecule has 108 valence electrons. The van der Waals surface area contributed by atoms with Crippen LogP contribution in [-0.4, -0.2) is 47.8 Å². The second-order valence-corrected chi connectivity index (χ2v) is 4.60. The molecule has 6 heteroatoms. The number of carbonyl (C=O) groups is 1. The average molecular weight is 269 g/mol. The number of unbranched alkanes of at least 4 members (excludes halogenated alkanes) is 1. The van der Waals surface area contributed by atoms with E-state index in [-0.39, 0.29) is 18.2 Å². The highest BCUT2D eigenvalue weighted by molar-refractivity contribution is 5.92. The first-order valence-corrected chi connectivity index (χ1v) is 6.70. The molecule has 0 aromatic carbocycles. The first-order valence-electron chi connectivity index (χ1n) is 6.70. The molecule has 1 aromatic rings. The quantitative estimate of drug-likeness (QED) is 0.654. The summed E-state index contributed by atoms with van der Waals surface area (Å²) in [4.78, 5) is 13.9. The second-order valence-electron chi connectivity index (χ2n) is 4.60. The predicted octanol–water partition coefficient (Wildman–Crippen LogP) is 1.02. The number of nitrogens with zero attached hydrogens (tertiary/aromatic N) is 2. The highest BCUT2D eigenvalue weighted by Gasteiger charge is 2.11. The van der Waals surface area contributed by atoms with Crippen molar-refractivity contribution in [3.63, 3.8) is 0 Å². The van der Waals surface area contributed by atoms with Crippen LogP contribution in [0.15, 0.2) is 10.6 Å². The molecular formula is C13H23N3O3. The highest BCUT2D eigenvalue weighted by atomic mass is 16.5. The van der Waals surface area contributed by atoms with Crippen LogP contribution >= 0.6 is 0 Å².